The summed E-state index contributed by atoms with van der Waals surface area (Å²) in [5.74, 6) is 0. The molecule has 0 fully saturated rings. The summed E-state index contributed by atoms with van der Waals surface area (Å²) in [6.45, 7) is 14.7. The molecule has 0 amide bonds. The minimum absolute atomic E-state index is 0.374. The number of unbranched alkanes of at least 4 members (excludes halogenated alkanes) is 27. The molecule has 0 aliphatic heterocycles. The van der Waals surface area contributed by atoms with Crippen molar-refractivity contribution in [3.05, 3.63) is 0 Å². The lowest BCUT2D eigenvalue weighted by molar-refractivity contribution is 0.102. The van der Waals surface area contributed by atoms with Crippen molar-refractivity contribution in [1.82, 2.24) is 4.90 Å². The zero-order valence-electron chi connectivity index (χ0n) is 29.3. The van der Waals surface area contributed by atoms with E-state index in [0.717, 1.165) is 0 Å². The van der Waals surface area contributed by atoms with Crippen molar-refractivity contribution in [2.24, 2.45) is 0 Å². The Balaban J connectivity index is 4.19. The van der Waals surface area contributed by atoms with Crippen molar-refractivity contribution >= 4 is 0 Å². The lowest BCUT2D eigenvalue weighted by atomic mass is 9.92. The maximum Gasteiger partial charge on any atom is 0.0153 e. The number of nitrogens with zero attached hydrogens (tertiary/aromatic N) is 1. The molecular formula is C39H81N. The fourth-order valence-corrected chi connectivity index (χ4v) is 6.50. The molecule has 40 heavy (non-hydrogen) atoms. The first kappa shape index (κ1) is 40.0. The second-order valence-corrected chi connectivity index (χ2v) is 14.1. The molecule has 0 heterocycles. The molecule has 0 aromatic carbocycles. The van der Waals surface area contributed by atoms with Crippen molar-refractivity contribution in [2.45, 2.75) is 239 Å². The maximum absolute atomic E-state index is 2.91. The van der Waals surface area contributed by atoms with E-state index >= 15 is 0 Å². The number of rotatable bonds is 34. The highest BCUT2D eigenvalue weighted by Gasteiger charge is 2.25. The van der Waals surface area contributed by atoms with E-state index in [2.05, 4.69) is 39.5 Å². The van der Waals surface area contributed by atoms with Gasteiger partial charge in [0.25, 0.3) is 0 Å². The van der Waals surface area contributed by atoms with Gasteiger partial charge in [0.1, 0.15) is 0 Å². The Bertz CT molecular complexity index is 434. The van der Waals surface area contributed by atoms with Crippen LogP contribution in [0.4, 0.5) is 0 Å². The molecule has 0 N–H and O–H groups in total. The van der Waals surface area contributed by atoms with Gasteiger partial charge >= 0.3 is 0 Å². The second-order valence-electron chi connectivity index (χ2n) is 14.1. The second kappa shape index (κ2) is 31.9. The Morgan fingerprint density at radius 2 is 0.525 bits per heavy atom. The quantitative estimate of drug-likeness (QED) is 0.0704. The third kappa shape index (κ3) is 28.1. The van der Waals surface area contributed by atoms with Crippen LogP contribution in [0.3, 0.4) is 0 Å². The smallest absolute Gasteiger partial charge is 0.0153 e. The zero-order valence-corrected chi connectivity index (χ0v) is 29.3. The van der Waals surface area contributed by atoms with E-state index in [4.69, 9.17) is 0 Å². The van der Waals surface area contributed by atoms with Crippen LogP contribution in [0.15, 0.2) is 0 Å². The van der Waals surface area contributed by atoms with E-state index in [1.54, 1.807) is 0 Å². The maximum atomic E-state index is 2.91. The van der Waals surface area contributed by atoms with Crippen LogP contribution in [0.2, 0.25) is 0 Å². The molecule has 0 radical (unpaired) electrons. The lowest BCUT2D eigenvalue weighted by Crippen LogP contribution is -2.45. The van der Waals surface area contributed by atoms with Crippen LogP contribution in [0.1, 0.15) is 234 Å². The summed E-state index contributed by atoms with van der Waals surface area (Å²) in [4.78, 5) is 2.91. The van der Waals surface area contributed by atoms with Crippen LogP contribution < -0.4 is 0 Å². The summed E-state index contributed by atoms with van der Waals surface area (Å²) in [5, 5.41) is 0. The molecule has 0 spiro atoms. The Labute approximate surface area is 256 Å². The minimum Gasteiger partial charge on any atom is -0.298 e. The average molecular weight is 564 g/mol. The molecule has 0 bridgehead atoms. The molecular weight excluding hydrogens is 482 g/mol. The molecule has 242 valence electrons. The van der Waals surface area contributed by atoms with Crippen LogP contribution in [0, 0.1) is 0 Å². The molecule has 0 aliphatic rings. The average Bonchev–Trinajstić information content (AvgIpc) is 2.94. The highest BCUT2D eigenvalue weighted by molar-refractivity contribution is 4.81. The van der Waals surface area contributed by atoms with Crippen LogP contribution in [-0.4, -0.2) is 23.5 Å². The molecule has 0 aromatic heterocycles. The summed E-state index contributed by atoms with van der Waals surface area (Å²) in [6.07, 6.45) is 44.7. The first-order valence-corrected chi connectivity index (χ1v) is 19.3. The van der Waals surface area contributed by atoms with Crippen LogP contribution in [0.5, 0.6) is 0 Å². The van der Waals surface area contributed by atoms with E-state index in [9.17, 15) is 0 Å². The SMILES string of the molecule is CCCCCCCCCCCCCCC(C)(C)N(CCCCCCCCCCC)CCCCCCCCCCC. The predicted molar refractivity (Wildman–Crippen MR) is 186 cm³/mol. The van der Waals surface area contributed by atoms with Gasteiger partial charge < -0.3 is 0 Å². The summed E-state index contributed by atoms with van der Waals surface area (Å²) in [5.41, 5.74) is 0.374. The minimum atomic E-state index is 0.374. The zero-order chi connectivity index (χ0) is 29.4. The van der Waals surface area contributed by atoms with E-state index in [1.807, 2.05) is 0 Å². The third-order valence-corrected chi connectivity index (χ3v) is 9.56. The van der Waals surface area contributed by atoms with Crippen LogP contribution >= 0.6 is 0 Å². The van der Waals surface area contributed by atoms with E-state index < -0.39 is 0 Å². The predicted octanol–water partition coefficient (Wildman–Crippen LogP) is 14.2. The van der Waals surface area contributed by atoms with Crippen molar-refractivity contribution in [2.75, 3.05) is 13.1 Å². The largest absolute Gasteiger partial charge is 0.298 e. The summed E-state index contributed by atoms with van der Waals surface area (Å²) >= 11 is 0. The van der Waals surface area contributed by atoms with E-state index in [-0.39, 0.29) is 0 Å². The van der Waals surface area contributed by atoms with Crippen molar-refractivity contribution in [3.8, 4) is 0 Å². The molecule has 0 aliphatic carbocycles. The summed E-state index contributed by atoms with van der Waals surface area (Å²) in [6, 6.07) is 0. The highest BCUT2D eigenvalue weighted by Crippen LogP contribution is 2.25. The first-order chi connectivity index (χ1) is 19.6. The third-order valence-electron chi connectivity index (χ3n) is 9.56. The fraction of sp³-hybridized carbons (Fsp3) is 1.00. The topological polar surface area (TPSA) is 3.24 Å². The van der Waals surface area contributed by atoms with Gasteiger partial charge in [-0.25, -0.2) is 0 Å². The van der Waals surface area contributed by atoms with E-state index in [0.29, 0.717) is 5.54 Å². The number of hydrogen-bond donors (Lipinski definition) is 0. The van der Waals surface area contributed by atoms with Crippen molar-refractivity contribution in [3.63, 3.8) is 0 Å². The van der Waals surface area contributed by atoms with Gasteiger partial charge in [0.15, 0.2) is 0 Å². The Morgan fingerprint density at radius 3 is 0.800 bits per heavy atom. The van der Waals surface area contributed by atoms with Gasteiger partial charge in [-0.05, 0) is 46.2 Å². The first-order valence-electron chi connectivity index (χ1n) is 19.3. The normalized spacial score (nSPS) is 12.2. The van der Waals surface area contributed by atoms with Gasteiger partial charge in [0, 0.05) is 5.54 Å². The van der Waals surface area contributed by atoms with E-state index in [1.165, 1.54) is 212 Å². The Kier molecular flexibility index (Phi) is 31.9. The molecule has 0 unspecified atom stereocenters. The van der Waals surface area contributed by atoms with Gasteiger partial charge in [0.2, 0.25) is 0 Å². The molecule has 0 saturated carbocycles. The molecule has 1 nitrogen and oxygen atoms in total. The van der Waals surface area contributed by atoms with Gasteiger partial charge in [-0.15, -0.1) is 0 Å². The van der Waals surface area contributed by atoms with Gasteiger partial charge in [0.05, 0.1) is 0 Å². The Hall–Kier alpha value is -0.0400. The van der Waals surface area contributed by atoms with Gasteiger partial charge in [-0.2, -0.15) is 0 Å². The van der Waals surface area contributed by atoms with Gasteiger partial charge in [-0.1, -0.05) is 201 Å². The monoisotopic (exact) mass is 564 g/mol. The van der Waals surface area contributed by atoms with Crippen molar-refractivity contribution < 1.29 is 0 Å². The van der Waals surface area contributed by atoms with Crippen LogP contribution in [-0.2, 0) is 0 Å². The van der Waals surface area contributed by atoms with Crippen LogP contribution in [0.25, 0.3) is 0 Å². The highest BCUT2D eigenvalue weighted by atomic mass is 15.2. The molecule has 0 aromatic rings. The molecule has 1 heteroatoms. The summed E-state index contributed by atoms with van der Waals surface area (Å²) < 4.78 is 0. The standard InChI is InChI=1S/C39H81N/c1-6-9-12-15-18-21-22-23-24-27-30-33-36-39(4,5)40(37-34-31-28-25-19-16-13-10-7-2)38-35-32-29-26-20-17-14-11-8-3/h6-38H2,1-5H3. The Morgan fingerprint density at radius 1 is 0.300 bits per heavy atom. The van der Waals surface area contributed by atoms with Crippen molar-refractivity contribution in [1.29, 1.82) is 0 Å². The fourth-order valence-electron chi connectivity index (χ4n) is 6.50. The lowest BCUT2D eigenvalue weighted by Gasteiger charge is -2.39. The summed E-state index contributed by atoms with van der Waals surface area (Å²) in [7, 11) is 0. The molecule has 0 saturated heterocycles. The number of hydrogen-bond acceptors (Lipinski definition) is 1. The molecule has 0 atom stereocenters. The van der Waals surface area contributed by atoms with Gasteiger partial charge in [-0.3, -0.25) is 4.90 Å². The molecule has 0 rings (SSSR count).